The van der Waals surface area contributed by atoms with Crippen LogP contribution in [0.25, 0.3) is 0 Å². The van der Waals surface area contributed by atoms with Crippen LogP contribution in [0.2, 0.25) is 0 Å². The molecule has 0 aliphatic rings. The van der Waals surface area contributed by atoms with E-state index >= 15 is 0 Å². The van der Waals surface area contributed by atoms with Crippen LogP contribution in [0, 0.1) is 11.8 Å². The molecular weight excluding hydrogens is 256 g/mol. The van der Waals surface area contributed by atoms with Crippen LogP contribution in [-0.2, 0) is 19.1 Å². The maximum atomic E-state index is 11.5. The molecule has 0 N–H and O–H groups in total. The van der Waals surface area contributed by atoms with Crippen LogP contribution in [0.15, 0.2) is 12.2 Å². The van der Waals surface area contributed by atoms with Gasteiger partial charge < -0.3 is 9.47 Å². The Morgan fingerprint density at radius 1 is 0.750 bits per heavy atom. The summed E-state index contributed by atoms with van der Waals surface area (Å²) in [6.45, 7) is 11.9. The Morgan fingerprint density at radius 3 is 1.30 bits per heavy atom. The number of esters is 2. The maximum Gasteiger partial charge on any atom is 0.331 e. The van der Waals surface area contributed by atoms with E-state index in [1.54, 1.807) is 0 Å². The van der Waals surface area contributed by atoms with Crippen LogP contribution < -0.4 is 0 Å². The third-order valence-electron chi connectivity index (χ3n) is 2.60. The molecule has 0 aliphatic carbocycles. The first kappa shape index (κ1) is 18.7. The van der Waals surface area contributed by atoms with E-state index < -0.39 is 11.9 Å². The molecule has 0 heterocycles. The molecule has 0 unspecified atom stereocenters. The third-order valence-corrected chi connectivity index (χ3v) is 2.60. The van der Waals surface area contributed by atoms with Crippen LogP contribution in [0.1, 0.15) is 54.4 Å². The number of hydrogen-bond donors (Lipinski definition) is 0. The molecule has 0 aromatic carbocycles. The molecule has 0 bridgehead atoms. The Hall–Kier alpha value is -1.32. The molecule has 20 heavy (non-hydrogen) atoms. The van der Waals surface area contributed by atoms with E-state index in [0.29, 0.717) is 11.8 Å². The first-order valence-corrected chi connectivity index (χ1v) is 7.30. The second-order valence-corrected chi connectivity index (χ2v) is 6.09. The van der Waals surface area contributed by atoms with Gasteiger partial charge in [0, 0.05) is 12.2 Å². The lowest BCUT2D eigenvalue weighted by Gasteiger charge is -2.14. The highest BCUT2D eigenvalue weighted by Gasteiger charge is 2.11. The molecule has 0 aromatic heterocycles. The minimum atomic E-state index is -0.508. The summed E-state index contributed by atoms with van der Waals surface area (Å²) in [5, 5.41) is 0. The average molecular weight is 284 g/mol. The molecule has 4 nitrogen and oxygen atoms in total. The normalized spacial score (nSPS) is 14.6. The fourth-order valence-electron chi connectivity index (χ4n) is 2.04. The SMILES string of the molecule is CC(C)C[C@@H](C)OC(=O)/C=C\C(=O)O[C@H](C)CC(C)C. The molecule has 0 saturated carbocycles. The van der Waals surface area contributed by atoms with Gasteiger partial charge in [-0.1, -0.05) is 27.7 Å². The minimum Gasteiger partial charge on any atom is -0.460 e. The van der Waals surface area contributed by atoms with E-state index in [1.165, 1.54) is 0 Å². The summed E-state index contributed by atoms with van der Waals surface area (Å²) in [4.78, 5) is 23.0. The van der Waals surface area contributed by atoms with Gasteiger partial charge in [0.1, 0.15) is 0 Å². The monoisotopic (exact) mass is 284 g/mol. The highest BCUT2D eigenvalue weighted by atomic mass is 16.5. The largest absolute Gasteiger partial charge is 0.460 e. The van der Waals surface area contributed by atoms with Gasteiger partial charge >= 0.3 is 11.9 Å². The van der Waals surface area contributed by atoms with Crippen molar-refractivity contribution in [2.24, 2.45) is 11.8 Å². The van der Waals surface area contributed by atoms with Crippen molar-refractivity contribution >= 4 is 11.9 Å². The van der Waals surface area contributed by atoms with E-state index in [-0.39, 0.29) is 12.2 Å². The van der Waals surface area contributed by atoms with Gasteiger partial charge in [-0.15, -0.1) is 0 Å². The van der Waals surface area contributed by atoms with Crippen LogP contribution in [0.3, 0.4) is 0 Å². The Kier molecular flexibility index (Phi) is 8.93. The van der Waals surface area contributed by atoms with Crippen molar-refractivity contribution in [3.8, 4) is 0 Å². The number of hydrogen-bond acceptors (Lipinski definition) is 4. The molecule has 2 atom stereocenters. The molecule has 0 radical (unpaired) electrons. The Labute approximate surface area is 122 Å². The second kappa shape index (κ2) is 9.56. The van der Waals surface area contributed by atoms with Gasteiger partial charge in [-0.05, 0) is 38.5 Å². The van der Waals surface area contributed by atoms with E-state index in [1.807, 2.05) is 13.8 Å². The number of carbonyl (C=O) groups is 2. The summed E-state index contributed by atoms with van der Waals surface area (Å²) in [6, 6.07) is 0. The summed E-state index contributed by atoms with van der Waals surface area (Å²) in [5.41, 5.74) is 0. The van der Waals surface area contributed by atoms with E-state index in [4.69, 9.17) is 9.47 Å². The van der Waals surface area contributed by atoms with Crippen molar-refractivity contribution in [1.29, 1.82) is 0 Å². The third kappa shape index (κ3) is 10.6. The quantitative estimate of drug-likeness (QED) is 0.505. The lowest BCUT2D eigenvalue weighted by Crippen LogP contribution is -2.17. The molecule has 0 saturated heterocycles. The highest BCUT2D eigenvalue weighted by Crippen LogP contribution is 2.09. The van der Waals surface area contributed by atoms with Crippen LogP contribution in [-0.4, -0.2) is 24.1 Å². The molecule has 4 heteroatoms. The van der Waals surface area contributed by atoms with Gasteiger partial charge in [0.25, 0.3) is 0 Å². The first-order chi connectivity index (χ1) is 9.20. The Morgan fingerprint density at radius 2 is 1.05 bits per heavy atom. The topological polar surface area (TPSA) is 52.6 Å². The van der Waals surface area contributed by atoms with Crippen LogP contribution >= 0.6 is 0 Å². The lowest BCUT2D eigenvalue weighted by atomic mass is 10.1. The predicted octanol–water partition coefficient (Wildman–Crippen LogP) is 3.50. The summed E-state index contributed by atoms with van der Waals surface area (Å²) in [7, 11) is 0. The van der Waals surface area contributed by atoms with Crippen molar-refractivity contribution in [2.75, 3.05) is 0 Å². The van der Waals surface area contributed by atoms with E-state index in [0.717, 1.165) is 25.0 Å². The molecule has 0 aliphatic heterocycles. The summed E-state index contributed by atoms with van der Waals surface area (Å²) < 4.78 is 10.3. The molecule has 0 rings (SSSR count). The smallest absolute Gasteiger partial charge is 0.331 e. The fraction of sp³-hybridized carbons (Fsp3) is 0.750. The molecule has 0 fully saturated rings. The van der Waals surface area contributed by atoms with Gasteiger partial charge in [0.2, 0.25) is 0 Å². The van der Waals surface area contributed by atoms with Crippen molar-refractivity contribution in [2.45, 2.75) is 66.6 Å². The van der Waals surface area contributed by atoms with Crippen molar-refractivity contribution < 1.29 is 19.1 Å². The van der Waals surface area contributed by atoms with Gasteiger partial charge in [0.15, 0.2) is 0 Å². The van der Waals surface area contributed by atoms with Crippen LogP contribution in [0.5, 0.6) is 0 Å². The molecular formula is C16H28O4. The van der Waals surface area contributed by atoms with Gasteiger partial charge in [-0.3, -0.25) is 0 Å². The zero-order valence-corrected chi connectivity index (χ0v) is 13.5. The summed E-state index contributed by atoms with van der Waals surface area (Å²) in [5.74, 6) is -0.0921. The summed E-state index contributed by atoms with van der Waals surface area (Å²) >= 11 is 0. The summed E-state index contributed by atoms with van der Waals surface area (Å²) in [6.07, 6.45) is 3.55. The van der Waals surface area contributed by atoms with E-state index in [2.05, 4.69) is 27.7 Å². The lowest BCUT2D eigenvalue weighted by molar-refractivity contribution is -0.145. The second-order valence-electron chi connectivity index (χ2n) is 6.09. The number of rotatable bonds is 8. The zero-order valence-electron chi connectivity index (χ0n) is 13.5. The standard InChI is InChI=1S/C16H28O4/c1-11(2)9-13(5)19-15(17)7-8-16(18)20-14(6)10-12(3)4/h7-8,11-14H,9-10H2,1-6H3/b8-7-/t13-,14-/m1/s1. The van der Waals surface area contributed by atoms with Crippen molar-refractivity contribution in [3.63, 3.8) is 0 Å². The molecule has 0 amide bonds. The van der Waals surface area contributed by atoms with E-state index in [9.17, 15) is 9.59 Å². The minimum absolute atomic E-state index is 0.150. The number of ether oxygens (including phenoxy) is 2. The number of carbonyl (C=O) groups excluding carboxylic acids is 2. The predicted molar refractivity (Wildman–Crippen MR) is 79.2 cm³/mol. The van der Waals surface area contributed by atoms with Gasteiger partial charge in [-0.2, -0.15) is 0 Å². The van der Waals surface area contributed by atoms with Crippen molar-refractivity contribution in [3.05, 3.63) is 12.2 Å². The molecule has 0 spiro atoms. The first-order valence-electron chi connectivity index (χ1n) is 7.30. The van der Waals surface area contributed by atoms with Gasteiger partial charge in [0.05, 0.1) is 12.2 Å². The maximum absolute atomic E-state index is 11.5. The Bertz CT molecular complexity index is 299. The Balaban J connectivity index is 4.08. The zero-order chi connectivity index (χ0) is 15.7. The highest BCUT2D eigenvalue weighted by molar-refractivity contribution is 5.91. The van der Waals surface area contributed by atoms with Crippen LogP contribution in [0.4, 0.5) is 0 Å². The fourth-order valence-corrected chi connectivity index (χ4v) is 2.04. The average Bonchev–Trinajstić information content (AvgIpc) is 2.23. The van der Waals surface area contributed by atoms with Gasteiger partial charge in [-0.25, -0.2) is 9.59 Å². The molecule has 116 valence electrons. The molecule has 0 aromatic rings. The van der Waals surface area contributed by atoms with Crippen molar-refractivity contribution in [1.82, 2.24) is 0 Å².